The van der Waals surface area contributed by atoms with E-state index in [0.29, 0.717) is 5.92 Å². The van der Waals surface area contributed by atoms with Crippen LogP contribution < -0.4 is 0 Å². The van der Waals surface area contributed by atoms with Gasteiger partial charge in [-0.05, 0) is 18.6 Å². The molecule has 0 N–H and O–H groups in total. The SMILES string of the molecule is CP=CCC(c1ccccc1)C1COC(C)=N1. The molecular formula is C14H18NOP. The largest absolute Gasteiger partial charge is 0.479 e. The molecule has 3 heteroatoms. The lowest BCUT2D eigenvalue weighted by Crippen LogP contribution is -2.18. The van der Waals surface area contributed by atoms with Gasteiger partial charge < -0.3 is 4.74 Å². The monoisotopic (exact) mass is 247 g/mol. The highest BCUT2D eigenvalue weighted by Crippen LogP contribution is 2.28. The second-order valence-corrected chi connectivity index (χ2v) is 5.10. The molecule has 1 aliphatic heterocycles. The quantitative estimate of drug-likeness (QED) is 0.748. The Kier molecular flexibility index (Phi) is 4.33. The van der Waals surface area contributed by atoms with Crippen molar-refractivity contribution >= 4 is 19.9 Å². The van der Waals surface area contributed by atoms with E-state index in [0.717, 1.165) is 18.9 Å². The molecule has 0 aromatic heterocycles. The number of hydrogen-bond acceptors (Lipinski definition) is 2. The van der Waals surface area contributed by atoms with Gasteiger partial charge in [-0.25, -0.2) is 4.99 Å². The van der Waals surface area contributed by atoms with Crippen molar-refractivity contribution in [2.24, 2.45) is 4.99 Å². The molecule has 0 amide bonds. The van der Waals surface area contributed by atoms with E-state index in [4.69, 9.17) is 4.74 Å². The van der Waals surface area contributed by atoms with Crippen molar-refractivity contribution in [2.75, 3.05) is 13.3 Å². The highest BCUT2D eigenvalue weighted by molar-refractivity contribution is 7.37. The van der Waals surface area contributed by atoms with Crippen molar-refractivity contribution in [1.29, 1.82) is 0 Å². The molecule has 0 radical (unpaired) electrons. The topological polar surface area (TPSA) is 21.6 Å². The summed E-state index contributed by atoms with van der Waals surface area (Å²) < 4.78 is 5.48. The molecule has 2 rings (SSSR count). The minimum absolute atomic E-state index is 0.274. The normalized spacial score (nSPS) is 21.3. The summed E-state index contributed by atoms with van der Waals surface area (Å²) >= 11 is 0. The van der Waals surface area contributed by atoms with Crippen LogP contribution in [0.1, 0.15) is 24.8 Å². The highest BCUT2D eigenvalue weighted by atomic mass is 31.1. The summed E-state index contributed by atoms with van der Waals surface area (Å²) in [5, 5.41) is 0. The zero-order valence-corrected chi connectivity index (χ0v) is 11.2. The number of ether oxygens (including phenoxy) is 1. The van der Waals surface area contributed by atoms with E-state index in [1.165, 1.54) is 13.8 Å². The van der Waals surface area contributed by atoms with Gasteiger partial charge in [-0.3, -0.25) is 0 Å². The average Bonchev–Trinajstić information content (AvgIpc) is 2.78. The van der Waals surface area contributed by atoms with Gasteiger partial charge in [0.25, 0.3) is 0 Å². The molecular weight excluding hydrogens is 229 g/mol. The summed E-state index contributed by atoms with van der Waals surface area (Å²) in [5.41, 5.74) is 1.36. The van der Waals surface area contributed by atoms with Gasteiger partial charge >= 0.3 is 0 Å². The average molecular weight is 247 g/mol. The van der Waals surface area contributed by atoms with E-state index in [9.17, 15) is 0 Å². The Labute approximate surface area is 105 Å². The van der Waals surface area contributed by atoms with Crippen molar-refractivity contribution < 1.29 is 4.74 Å². The van der Waals surface area contributed by atoms with Crippen LogP contribution in [0.15, 0.2) is 35.3 Å². The van der Waals surface area contributed by atoms with Crippen molar-refractivity contribution in [3.05, 3.63) is 35.9 Å². The van der Waals surface area contributed by atoms with Gasteiger partial charge in [0, 0.05) is 12.8 Å². The molecule has 1 aromatic carbocycles. The molecule has 2 nitrogen and oxygen atoms in total. The van der Waals surface area contributed by atoms with Crippen LogP contribution in [0.25, 0.3) is 0 Å². The first-order chi connectivity index (χ1) is 8.31. The Hall–Kier alpha value is -1.14. The van der Waals surface area contributed by atoms with Crippen LogP contribution in [0.2, 0.25) is 0 Å². The zero-order valence-electron chi connectivity index (χ0n) is 10.3. The van der Waals surface area contributed by atoms with Crippen molar-refractivity contribution in [3.8, 4) is 0 Å². The van der Waals surface area contributed by atoms with E-state index < -0.39 is 0 Å². The van der Waals surface area contributed by atoms with Gasteiger partial charge in [-0.2, -0.15) is 0 Å². The maximum atomic E-state index is 5.48. The Bertz CT molecular complexity index is 413. The number of benzene rings is 1. The van der Waals surface area contributed by atoms with E-state index >= 15 is 0 Å². The molecule has 1 heterocycles. The highest BCUT2D eigenvalue weighted by Gasteiger charge is 2.26. The maximum Gasteiger partial charge on any atom is 0.180 e. The zero-order chi connectivity index (χ0) is 12.1. The fraction of sp³-hybridized carbons (Fsp3) is 0.429. The van der Waals surface area contributed by atoms with E-state index in [2.05, 4.69) is 47.8 Å². The third kappa shape index (κ3) is 3.17. The number of nitrogens with zero attached hydrogens (tertiary/aromatic N) is 1. The minimum Gasteiger partial charge on any atom is -0.479 e. The molecule has 2 atom stereocenters. The van der Waals surface area contributed by atoms with Crippen LogP contribution >= 0.6 is 8.20 Å². The summed E-state index contributed by atoms with van der Waals surface area (Å²) in [5.74, 6) is 3.58. The van der Waals surface area contributed by atoms with Crippen LogP contribution in [0.5, 0.6) is 0 Å². The standard InChI is InChI=1S/C14H18NOP/c1-11-15-14(10-16-11)13(8-9-17-2)12-6-4-3-5-7-12/h3-7,9,13-14H,8,10H2,1-2H3. The Balaban J connectivity index is 2.19. The van der Waals surface area contributed by atoms with Crippen LogP contribution in [-0.4, -0.2) is 31.0 Å². The summed E-state index contributed by atoms with van der Waals surface area (Å²) in [6.07, 6.45) is 1.06. The third-order valence-corrected chi connectivity index (χ3v) is 3.62. The van der Waals surface area contributed by atoms with Crippen LogP contribution in [0.4, 0.5) is 0 Å². The third-order valence-electron chi connectivity index (χ3n) is 3.04. The summed E-state index contributed by atoms with van der Waals surface area (Å²) in [4.78, 5) is 4.59. The predicted octanol–water partition coefficient (Wildman–Crippen LogP) is 3.36. The molecule has 0 bridgehead atoms. The lowest BCUT2D eigenvalue weighted by Gasteiger charge is -2.19. The lowest BCUT2D eigenvalue weighted by molar-refractivity contribution is 0.300. The molecule has 0 saturated carbocycles. The molecule has 1 aliphatic rings. The maximum absolute atomic E-state index is 5.48. The number of hydrogen-bond donors (Lipinski definition) is 0. The van der Waals surface area contributed by atoms with Crippen molar-refractivity contribution in [1.82, 2.24) is 0 Å². The molecule has 90 valence electrons. The summed E-state index contributed by atoms with van der Waals surface area (Å²) in [7, 11) is 1.33. The van der Waals surface area contributed by atoms with Gasteiger partial charge in [0.15, 0.2) is 5.90 Å². The van der Waals surface area contributed by atoms with Crippen LogP contribution in [0, 0.1) is 0 Å². The first-order valence-electron chi connectivity index (χ1n) is 5.94. The summed E-state index contributed by atoms with van der Waals surface area (Å²) in [6.45, 7) is 4.81. The van der Waals surface area contributed by atoms with Gasteiger partial charge in [-0.15, -0.1) is 8.20 Å². The predicted molar refractivity (Wildman–Crippen MR) is 75.6 cm³/mol. The van der Waals surface area contributed by atoms with Crippen LogP contribution in [-0.2, 0) is 4.74 Å². The fourth-order valence-electron chi connectivity index (χ4n) is 2.15. The molecule has 0 fully saturated rings. The number of aliphatic imine (C=N–C) groups is 1. The van der Waals surface area contributed by atoms with E-state index in [1.54, 1.807) is 0 Å². The molecule has 1 aromatic rings. The summed E-state index contributed by atoms with van der Waals surface area (Å²) in [6, 6.07) is 10.9. The first-order valence-corrected chi connectivity index (χ1v) is 7.35. The second-order valence-electron chi connectivity index (χ2n) is 4.22. The van der Waals surface area contributed by atoms with E-state index in [1.807, 2.05) is 6.92 Å². The smallest absolute Gasteiger partial charge is 0.180 e. The van der Waals surface area contributed by atoms with Gasteiger partial charge in [0.05, 0.1) is 6.04 Å². The molecule has 0 spiro atoms. The van der Waals surface area contributed by atoms with Crippen LogP contribution in [0.3, 0.4) is 0 Å². The molecule has 2 unspecified atom stereocenters. The Morgan fingerprint density at radius 3 is 2.82 bits per heavy atom. The van der Waals surface area contributed by atoms with Gasteiger partial charge in [-0.1, -0.05) is 36.1 Å². The second kappa shape index (κ2) is 5.97. The molecule has 0 saturated heterocycles. The molecule has 17 heavy (non-hydrogen) atoms. The lowest BCUT2D eigenvalue weighted by atomic mass is 9.90. The van der Waals surface area contributed by atoms with Crippen molar-refractivity contribution in [3.63, 3.8) is 0 Å². The van der Waals surface area contributed by atoms with Gasteiger partial charge in [0.1, 0.15) is 6.61 Å². The van der Waals surface area contributed by atoms with E-state index in [-0.39, 0.29) is 6.04 Å². The Morgan fingerprint density at radius 2 is 2.24 bits per heavy atom. The Morgan fingerprint density at radius 1 is 1.47 bits per heavy atom. The first kappa shape index (κ1) is 12.3. The van der Waals surface area contributed by atoms with Crippen molar-refractivity contribution in [2.45, 2.75) is 25.3 Å². The molecule has 0 aliphatic carbocycles. The number of rotatable bonds is 4. The fourth-order valence-corrected chi connectivity index (χ4v) is 2.59. The van der Waals surface area contributed by atoms with Gasteiger partial charge in [0.2, 0.25) is 0 Å². The minimum atomic E-state index is 0.274.